The molecule has 7 heteroatoms. The normalized spacial score (nSPS) is 10.0. The van der Waals surface area contributed by atoms with Gasteiger partial charge in [-0.1, -0.05) is 4.98 Å². The van der Waals surface area contributed by atoms with Crippen LogP contribution in [0.4, 0.5) is 5.95 Å². The van der Waals surface area contributed by atoms with Crippen molar-refractivity contribution in [3.63, 3.8) is 0 Å². The zero-order valence-electron chi connectivity index (χ0n) is 8.47. The number of hydrogen-bond donors (Lipinski definition) is 0. The lowest BCUT2D eigenvalue weighted by molar-refractivity contribution is -0.396. The van der Waals surface area contributed by atoms with Crippen LogP contribution in [0.3, 0.4) is 0 Å². The van der Waals surface area contributed by atoms with Gasteiger partial charge in [0.25, 0.3) is 0 Å². The third-order valence-electron chi connectivity index (χ3n) is 1.82. The average Bonchev–Trinajstić information content (AvgIpc) is 2.47. The van der Waals surface area contributed by atoms with Crippen LogP contribution in [0.25, 0.3) is 0 Å². The Morgan fingerprint density at radius 3 is 2.93 bits per heavy atom. The monoisotopic (exact) mass is 213 g/mol. The fourth-order valence-electron chi connectivity index (χ4n) is 1.15. The lowest BCUT2D eigenvalue weighted by Gasteiger charge is -2.03. The molecule has 0 atom stereocenters. The van der Waals surface area contributed by atoms with Gasteiger partial charge in [-0.25, -0.2) is 4.57 Å². The Morgan fingerprint density at radius 2 is 2.40 bits per heavy atom. The lowest BCUT2D eigenvalue weighted by Crippen LogP contribution is -2.12. The molecule has 15 heavy (non-hydrogen) atoms. The molecular formula is C8H11N3O4. The summed E-state index contributed by atoms with van der Waals surface area (Å²) in [5.41, 5.74) is 0.661. The second-order valence-corrected chi connectivity index (χ2v) is 2.95. The molecular weight excluding hydrogens is 202 g/mol. The summed E-state index contributed by atoms with van der Waals surface area (Å²) in [6.07, 6.45) is 1.41. The van der Waals surface area contributed by atoms with E-state index < -0.39 is 10.9 Å². The molecule has 0 amide bonds. The minimum atomic E-state index is -0.569. The zero-order valence-corrected chi connectivity index (χ0v) is 8.47. The van der Waals surface area contributed by atoms with E-state index in [1.54, 1.807) is 6.92 Å². The lowest BCUT2D eigenvalue weighted by atomic mass is 10.5. The average molecular weight is 213 g/mol. The van der Waals surface area contributed by atoms with Crippen molar-refractivity contribution in [2.24, 2.45) is 0 Å². The third kappa shape index (κ3) is 2.76. The summed E-state index contributed by atoms with van der Waals surface area (Å²) in [6, 6.07) is 0. The first kappa shape index (κ1) is 11.2. The van der Waals surface area contributed by atoms with E-state index in [2.05, 4.69) is 4.98 Å². The summed E-state index contributed by atoms with van der Waals surface area (Å²) in [7, 11) is 0. The van der Waals surface area contributed by atoms with Gasteiger partial charge in [0, 0.05) is 6.92 Å². The Balaban J connectivity index is 2.70. The molecule has 7 nitrogen and oxygen atoms in total. The Morgan fingerprint density at radius 1 is 1.73 bits per heavy atom. The van der Waals surface area contributed by atoms with Gasteiger partial charge in [-0.2, -0.15) is 0 Å². The highest BCUT2D eigenvalue weighted by Crippen LogP contribution is 2.11. The standard InChI is InChI=1S/C8H11N3O4/c1-6-5-9-8(11(13)14)10(6)3-4-15-7(2)12/h5H,3-4H2,1-2H3. The molecule has 0 aromatic carbocycles. The molecule has 0 fully saturated rings. The van der Waals surface area contributed by atoms with Gasteiger partial charge in [0.2, 0.25) is 0 Å². The number of imidazole rings is 1. The molecule has 0 saturated carbocycles. The summed E-state index contributed by atoms with van der Waals surface area (Å²) in [5, 5.41) is 10.5. The predicted molar refractivity (Wildman–Crippen MR) is 50.3 cm³/mol. The van der Waals surface area contributed by atoms with Crippen LogP contribution in [0, 0.1) is 17.0 Å². The first-order chi connectivity index (χ1) is 7.02. The van der Waals surface area contributed by atoms with Crippen molar-refractivity contribution in [1.29, 1.82) is 0 Å². The number of aryl methyl sites for hydroxylation is 1. The highest BCUT2D eigenvalue weighted by molar-refractivity contribution is 5.65. The van der Waals surface area contributed by atoms with Crippen LogP contribution in [-0.2, 0) is 16.1 Å². The fourth-order valence-corrected chi connectivity index (χ4v) is 1.15. The predicted octanol–water partition coefficient (Wildman–Crippen LogP) is 0.663. The minimum absolute atomic E-state index is 0.105. The number of carbonyl (C=O) groups is 1. The van der Waals surface area contributed by atoms with E-state index >= 15 is 0 Å². The second-order valence-electron chi connectivity index (χ2n) is 2.95. The first-order valence-corrected chi connectivity index (χ1v) is 4.32. The largest absolute Gasteiger partial charge is 0.462 e. The minimum Gasteiger partial charge on any atom is -0.462 e. The van der Waals surface area contributed by atoms with Crippen LogP contribution >= 0.6 is 0 Å². The van der Waals surface area contributed by atoms with Crippen molar-refractivity contribution in [2.75, 3.05) is 6.61 Å². The van der Waals surface area contributed by atoms with Gasteiger partial charge in [0.1, 0.15) is 25.0 Å². The smallest absolute Gasteiger partial charge is 0.434 e. The summed E-state index contributed by atoms with van der Waals surface area (Å²) in [5.74, 6) is -0.643. The zero-order chi connectivity index (χ0) is 11.4. The highest BCUT2D eigenvalue weighted by Gasteiger charge is 2.17. The van der Waals surface area contributed by atoms with Gasteiger partial charge < -0.3 is 14.9 Å². The first-order valence-electron chi connectivity index (χ1n) is 4.32. The van der Waals surface area contributed by atoms with Crippen molar-refractivity contribution < 1.29 is 14.5 Å². The van der Waals surface area contributed by atoms with Crippen LogP contribution in [0.1, 0.15) is 12.6 Å². The molecule has 0 N–H and O–H groups in total. The van der Waals surface area contributed by atoms with Crippen molar-refractivity contribution in [3.05, 3.63) is 22.0 Å². The number of nitrogens with zero attached hydrogens (tertiary/aromatic N) is 3. The molecule has 1 aromatic rings. The molecule has 1 heterocycles. The number of nitro groups is 1. The van der Waals surface area contributed by atoms with Gasteiger partial charge in [0.15, 0.2) is 0 Å². The Bertz CT molecular complexity index is 385. The van der Waals surface area contributed by atoms with Gasteiger partial charge >= 0.3 is 11.9 Å². The van der Waals surface area contributed by atoms with E-state index in [-0.39, 0.29) is 19.1 Å². The van der Waals surface area contributed by atoms with E-state index in [9.17, 15) is 14.9 Å². The van der Waals surface area contributed by atoms with Crippen LogP contribution in [0.15, 0.2) is 6.20 Å². The van der Waals surface area contributed by atoms with Crippen LogP contribution in [0.2, 0.25) is 0 Å². The van der Waals surface area contributed by atoms with Crippen molar-refractivity contribution in [1.82, 2.24) is 9.55 Å². The van der Waals surface area contributed by atoms with E-state index in [1.165, 1.54) is 17.7 Å². The second kappa shape index (κ2) is 4.54. The molecule has 0 bridgehead atoms. The summed E-state index contributed by atoms with van der Waals surface area (Å²) < 4.78 is 6.09. The molecule has 0 radical (unpaired) electrons. The van der Waals surface area contributed by atoms with Crippen molar-refractivity contribution in [2.45, 2.75) is 20.4 Å². The number of esters is 1. The number of rotatable bonds is 4. The van der Waals surface area contributed by atoms with Crippen molar-refractivity contribution >= 4 is 11.9 Å². The Labute approximate surface area is 85.8 Å². The molecule has 0 saturated heterocycles. The number of aromatic nitrogens is 2. The Kier molecular flexibility index (Phi) is 3.37. The van der Waals surface area contributed by atoms with E-state index in [1.807, 2.05) is 0 Å². The number of carbonyl (C=O) groups excluding carboxylic acids is 1. The maximum atomic E-state index is 10.5. The molecule has 1 aromatic heterocycles. The van der Waals surface area contributed by atoms with Gasteiger partial charge in [-0.3, -0.25) is 4.79 Å². The van der Waals surface area contributed by atoms with Crippen LogP contribution in [-0.4, -0.2) is 27.1 Å². The van der Waals surface area contributed by atoms with Gasteiger partial charge in [0.05, 0.1) is 0 Å². The summed E-state index contributed by atoms with van der Waals surface area (Å²) in [6.45, 7) is 3.33. The molecule has 0 unspecified atom stereocenters. The van der Waals surface area contributed by atoms with Crippen LogP contribution in [0.5, 0.6) is 0 Å². The SMILES string of the molecule is CC(=O)OCCn1c(C)cnc1[N+](=O)[O-]. The quantitative estimate of drug-likeness (QED) is 0.416. The van der Waals surface area contributed by atoms with E-state index in [4.69, 9.17) is 4.74 Å². The molecule has 0 aliphatic heterocycles. The molecule has 0 aliphatic carbocycles. The van der Waals surface area contributed by atoms with Gasteiger partial charge in [-0.15, -0.1) is 0 Å². The van der Waals surface area contributed by atoms with Crippen LogP contribution < -0.4 is 0 Å². The Hall–Kier alpha value is -1.92. The molecule has 82 valence electrons. The summed E-state index contributed by atoms with van der Waals surface area (Å²) in [4.78, 5) is 24.1. The number of hydrogen-bond acceptors (Lipinski definition) is 5. The maximum Gasteiger partial charge on any atom is 0.434 e. The van der Waals surface area contributed by atoms with Crippen molar-refractivity contribution in [3.8, 4) is 0 Å². The number of ether oxygens (including phenoxy) is 1. The fraction of sp³-hybridized carbons (Fsp3) is 0.500. The van der Waals surface area contributed by atoms with Gasteiger partial charge in [-0.05, 0) is 11.8 Å². The van der Waals surface area contributed by atoms with E-state index in [0.29, 0.717) is 5.69 Å². The highest BCUT2D eigenvalue weighted by atomic mass is 16.6. The summed E-state index contributed by atoms with van der Waals surface area (Å²) >= 11 is 0. The maximum absolute atomic E-state index is 10.5. The third-order valence-corrected chi connectivity index (χ3v) is 1.82. The van der Waals surface area contributed by atoms with E-state index in [0.717, 1.165) is 0 Å². The molecule has 0 aliphatic rings. The molecule has 0 spiro atoms. The topological polar surface area (TPSA) is 87.3 Å². The molecule has 1 rings (SSSR count).